The van der Waals surface area contributed by atoms with E-state index in [9.17, 15) is 4.79 Å². The van der Waals surface area contributed by atoms with Gasteiger partial charge in [0.2, 0.25) is 5.91 Å². The molecule has 148 valence electrons. The van der Waals surface area contributed by atoms with Gasteiger partial charge >= 0.3 is 0 Å². The number of carbonyl (C=O) groups excluding carboxylic acids is 1. The van der Waals surface area contributed by atoms with E-state index in [4.69, 9.17) is 4.74 Å². The fraction of sp³-hybridized carbons (Fsp3) is 0.706. The predicted octanol–water partition coefficient (Wildman–Crippen LogP) is 1.32. The lowest BCUT2D eigenvalue weighted by atomic mass is 10.1. The number of amides is 1. The molecule has 8 nitrogen and oxygen atoms in total. The molecule has 0 aromatic carbocycles. The SMILES string of the molecule is CN=C(NCCOCCC(C)C)N1CCN(c2cnn(C)c2)C(=O)C1.I. The molecule has 1 saturated heterocycles. The van der Waals surface area contributed by atoms with E-state index in [1.165, 1.54) is 0 Å². The second-order valence-corrected chi connectivity index (χ2v) is 6.61. The van der Waals surface area contributed by atoms with Gasteiger partial charge in [0.25, 0.3) is 0 Å². The van der Waals surface area contributed by atoms with Crippen LogP contribution in [-0.2, 0) is 16.6 Å². The average molecular weight is 478 g/mol. The molecule has 1 amide bonds. The highest BCUT2D eigenvalue weighted by molar-refractivity contribution is 14.0. The number of aryl methyl sites for hydroxylation is 1. The van der Waals surface area contributed by atoms with Crippen LogP contribution in [0.3, 0.4) is 0 Å². The maximum Gasteiger partial charge on any atom is 0.246 e. The third-order valence-corrected chi connectivity index (χ3v) is 4.10. The third-order valence-electron chi connectivity index (χ3n) is 4.10. The van der Waals surface area contributed by atoms with Gasteiger partial charge in [-0.25, -0.2) is 0 Å². The van der Waals surface area contributed by atoms with Crippen molar-refractivity contribution in [2.75, 3.05) is 51.3 Å². The van der Waals surface area contributed by atoms with Crippen LogP contribution in [0.1, 0.15) is 20.3 Å². The van der Waals surface area contributed by atoms with Gasteiger partial charge in [0.05, 0.1) is 18.5 Å². The van der Waals surface area contributed by atoms with Crippen molar-refractivity contribution >= 4 is 41.5 Å². The highest BCUT2D eigenvalue weighted by Gasteiger charge is 2.27. The molecule has 0 spiro atoms. The Bertz CT molecular complexity index is 590. The van der Waals surface area contributed by atoms with E-state index >= 15 is 0 Å². The van der Waals surface area contributed by atoms with Crippen molar-refractivity contribution in [3.8, 4) is 0 Å². The molecule has 1 aromatic rings. The molecule has 2 heterocycles. The Morgan fingerprint density at radius 1 is 1.38 bits per heavy atom. The number of halogens is 1. The van der Waals surface area contributed by atoms with Crippen molar-refractivity contribution in [2.45, 2.75) is 20.3 Å². The van der Waals surface area contributed by atoms with Gasteiger partial charge in [-0.2, -0.15) is 5.10 Å². The lowest BCUT2D eigenvalue weighted by molar-refractivity contribution is -0.120. The molecular formula is C17H31IN6O2. The summed E-state index contributed by atoms with van der Waals surface area (Å²) in [4.78, 5) is 20.5. The quantitative estimate of drug-likeness (QED) is 0.277. The Labute approximate surface area is 173 Å². The molecule has 1 N–H and O–H groups in total. The van der Waals surface area contributed by atoms with Gasteiger partial charge in [0, 0.05) is 46.5 Å². The normalized spacial score (nSPS) is 15.4. The monoisotopic (exact) mass is 478 g/mol. The van der Waals surface area contributed by atoms with Crippen molar-refractivity contribution in [2.24, 2.45) is 18.0 Å². The van der Waals surface area contributed by atoms with Crippen LogP contribution in [0.2, 0.25) is 0 Å². The zero-order valence-corrected chi connectivity index (χ0v) is 18.5. The largest absolute Gasteiger partial charge is 0.380 e. The van der Waals surface area contributed by atoms with Crippen molar-refractivity contribution in [1.29, 1.82) is 0 Å². The molecule has 0 aliphatic carbocycles. The maximum absolute atomic E-state index is 12.5. The third kappa shape index (κ3) is 6.75. The van der Waals surface area contributed by atoms with E-state index in [-0.39, 0.29) is 29.9 Å². The molecule has 0 saturated carbocycles. The first-order valence-electron chi connectivity index (χ1n) is 8.83. The second-order valence-electron chi connectivity index (χ2n) is 6.61. The minimum absolute atomic E-state index is 0. The molecule has 0 bridgehead atoms. The van der Waals surface area contributed by atoms with Crippen molar-refractivity contribution in [3.63, 3.8) is 0 Å². The topological polar surface area (TPSA) is 75.0 Å². The van der Waals surface area contributed by atoms with Crippen LogP contribution in [0, 0.1) is 5.92 Å². The van der Waals surface area contributed by atoms with E-state index in [1.807, 2.05) is 18.1 Å². The zero-order chi connectivity index (χ0) is 18.2. The van der Waals surface area contributed by atoms with Crippen molar-refractivity contribution in [1.82, 2.24) is 20.0 Å². The van der Waals surface area contributed by atoms with E-state index in [0.717, 1.165) is 31.2 Å². The van der Waals surface area contributed by atoms with Gasteiger partial charge in [-0.05, 0) is 12.3 Å². The summed E-state index contributed by atoms with van der Waals surface area (Å²) >= 11 is 0. The molecule has 0 radical (unpaired) electrons. The minimum atomic E-state index is 0. The number of piperazine rings is 1. The van der Waals surface area contributed by atoms with Crippen molar-refractivity contribution in [3.05, 3.63) is 12.4 Å². The van der Waals surface area contributed by atoms with Gasteiger partial charge < -0.3 is 19.9 Å². The maximum atomic E-state index is 12.5. The Balaban J connectivity index is 0.00000338. The van der Waals surface area contributed by atoms with Gasteiger partial charge in [-0.15, -0.1) is 24.0 Å². The Hall–Kier alpha value is -1.36. The number of nitrogens with zero attached hydrogens (tertiary/aromatic N) is 5. The van der Waals surface area contributed by atoms with Crippen LogP contribution >= 0.6 is 24.0 Å². The summed E-state index contributed by atoms with van der Waals surface area (Å²) in [5, 5.41) is 7.40. The summed E-state index contributed by atoms with van der Waals surface area (Å²) in [7, 11) is 3.58. The molecule has 1 aliphatic heterocycles. The summed E-state index contributed by atoms with van der Waals surface area (Å²) in [5.41, 5.74) is 0.841. The molecule has 26 heavy (non-hydrogen) atoms. The van der Waals surface area contributed by atoms with E-state index in [0.29, 0.717) is 32.2 Å². The number of hydrogen-bond acceptors (Lipinski definition) is 4. The summed E-state index contributed by atoms with van der Waals surface area (Å²) in [6.45, 7) is 8.13. The number of hydrogen-bond donors (Lipinski definition) is 1. The van der Waals surface area contributed by atoms with Crippen LogP contribution in [0.25, 0.3) is 0 Å². The lowest BCUT2D eigenvalue weighted by Crippen LogP contribution is -2.55. The number of carbonyl (C=O) groups is 1. The number of nitrogens with one attached hydrogen (secondary N) is 1. The number of guanidine groups is 1. The van der Waals surface area contributed by atoms with E-state index in [2.05, 4.69) is 29.3 Å². The highest BCUT2D eigenvalue weighted by Crippen LogP contribution is 2.15. The Morgan fingerprint density at radius 2 is 2.15 bits per heavy atom. The standard InChI is InChI=1S/C17H30N6O2.HI/c1-14(2)5-9-25-10-6-19-17(18-3)22-7-8-23(16(24)13-22)15-11-20-21(4)12-15;/h11-12,14H,5-10,13H2,1-4H3,(H,18,19);1H. The molecule has 9 heteroatoms. The van der Waals surface area contributed by atoms with Gasteiger partial charge in [0.1, 0.15) is 6.54 Å². The fourth-order valence-electron chi connectivity index (χ4n) is 2.66. The van der Waals surface area contributed by atoms with Crippen LogP contribution in [-0.4, -0.2) is 73.0 Å². The first kappa shape index (κ1) is 22.7. The average Bonchev–Trinajstić information content (AvgIpc) is 3.00. The number of rotatable bonds is 7. The fourth-order valence-corrected chi connectivity index (χ4v) is 2.66. The van der Waals surface area contributed by atoms with Crippen LogP contribution in [0.5, 0.6) is 0 Å². The number of aromatic nitrogens is 2. The van der Waals surface area contributed by atoms with Gasteiger partial charge in [0.15, 0.2) is 5.96 Å². The van der Waals surface area contributed by atoms with Gasteiger partial charge in [-0.1, -0.05) is 13.8 Å². The zero-order valence-electron chi connectivity index (χ0n) is 16.1. The number of aliphatic imine (C=N–C) groups is 1. The van der Waals surface area contributed by atoms with E-state index < -0.39 is 0 Å². The molecule has 0 unspecified atom stereocenters. The Morgan fingerprint density at radius 3 is 2.73 bits per heavy atom. The smallest absolute Gasteiger partial charge is 0.246 e. The molecule has 2 rings (SSSR count). The first-order valence-corrected chi connectivity index (χ1v) is 8.83. The predicted molar refractivity (Wildman–Crippen MR) is 114 cm³/mol. The second kappa shape index (κ2) is 11.4. The number of ether oxygens (including phenoxy) is 1. The van der Waals surface area contributed by atoms with Gasteiger partial charge in [-0.3, -0.25) is 14.5 Å². The molecule has 1 aliphatic rings. The van der Waals surface area contributed by atoms with Crippen LogP contribution < -0.4 is 10.2 Å². The molecule has 1 fully saturated rings. The summed E-state index contributed by atoms with van der Waals surface area (Å²) in [6, 6.07) is 0. The first-order chi connectivity index (χ1) is 12.0. The van der Waals surface area contributed by atoms with E-state index in [1.54, 1.807) is 22.8 Å². The summed E-state index contributed by atoms with van der Waals surface area (Å²) in [5.74, 6) is 1.45. The van der Waals surface area contributed by atoms with Crippen LogP contribution in [0.4, 0.5) is 5.69 Å². The summed E-state index contributed by atoms with van der Waals surface area (Å²) in [6.07, 6.45) is 4.64. The molecular weight excluding hydrogens is 447 g/mol. The molecule has 0 atom stereocenters. The Kier molecular flexibility index (Phi) is 9.92. The molecule has 1 aromatic heterocycles. The van der Waals surface area contributed by atoms with Crippen molar-refractivity contribution < 1.29 is 9.53 Å². The number of anilines is 1. The minimum Gasteiger partial charge on any atom is -0.380 e. The van der Waals surface area contributed by atoms with Crippen LogP contribution in [0.15, 0.2) is 17.4 Å². The lowest BCUT2D eigenvalue weighted by Gasteiger charge is -2.35. The highest BCUT2D eigenvalue weighted by atomic mass is 127. The summed E-state index contributed by atoms with van der Waals surface area (Å²) < 4.78 is 7.31.